The fourth-order valence-corrected chi connectivity index (χ4v) is 1.33. The molecule has 1 rings (SSSR count). The van der Waals surface area contributed by atoms with Gasteiger partial charge in [0.2, 0.25) is 0 Å². The molecule has 0 atom stereocenters. The van der Waals surface area contributed by atoms with Crippen LogP contribution in [0.3, 0.4) is 0 Å². The Hall–Kier alpha value is -0.970. The lowest BCUT2D eigenvalue weighted by atomic mass is 10.1. The van der Waals surface area contributed by atoms with E-state index < -0.39 is 23.2 Å². The van der Waals surface area contributed by atoms with Crippen LogP contribution in [0.15, 0.2) is 12.1 Å². The van der Waals surface area contributed by atoms with Gasteiger partial charge in [0, 0.05) is 5.33 Å². The lowest BCUT2D eigenvalue weighted by Crippen LogP contribution is -2.06. The second-order valence-corrected chi connectivity index (χ2v) is 2.90. The van der Waals surface area contributed by atoms with Crippen LogP contribution in [0.1, 0.15) is 15.9 Å². The monoisotopic (exact) mass is 250 g/mol. The molecule has 13 heavy (non-hydrogen) atoms. The van der Waals surface area contributed by atoms with Gasteiger partial charge in [0.05, 0.1) is 0 Å². The van der Waals surface area contributed by atoms with Crippen LogP contribution >= 0.6 is 15.9 Å². The van der Waals surface area contributed by atoms with Crippen LogP contribution in [-0.2, 0) is 5.33 Å². The first-order valence-corrected chi connectivity index (χ1v) is 4.46. The summed E-state index contributed by atoms with van der Waals surface area (Å²) < 4.78 is 25.9. The number of hydrogen-bond donors (Lipinski definition) is 1. The standard InChI is InChI=1S/C8H5BrF2O2/c9-3-4-1-2-5(10)6(7(4)11)8(12)13/h1-2H,3H2,(H,12,13). The zero-order chi connectivity index (χ0) is 10.0. The molecule has 0 saturated heterocycles. The van der Waals surface area contributed by atoms with Crippen molar-refractivity contribution in [2.75, 3.05) is 0 Å². The molecule has 0 aliphatic carbocycles. The van der Waals surface area contributed by atoms with E-state index in [9.17, 15) is 13.6 Å². The molecule has 0 aliphatic rings. The largest absolute Gasteiger partial charge is 0.477 e. The Morgan fingerprint density at radius 1 is 1.46 bits per heavy atom. The van der Waals surface area contributed by atoms with Gasteiger partial charge in [0.15, 0.2) is 0 Å². The number of carboxylic acids is 1. The molecule has 0 unspecified atom stereocenters. The van der Waals surface area contributed by atoms with Gasteiger partial charge in [0.25, 0.3) is 0 Å². The molecule has 70 valence electrons. The molecule has 0 radical (unpaired) electrons. The van der Waals surface area contributed by atoms with Crippen molar-refractivity contribution in [1.29, 1.82) is 0 Å². The number of rotatable bonds is 2. The van der Waals surface area contributed by atoms with E-state index >= 15 is 0 Å². The molecule has 0 amide bonds. The average Bonchev–Trinajstić information content (AvgIpc) is 2.04. The van der Waals surface area contributed by atoms with Gasteiger partial charge < -0.3 is 5.11 Å². The summed E-state index contributed by atoms with van der Waals surface area (Å²) in [7, 11) is 0. The highest BCUT2D eigenvalue weighted by molar-refractivity contribution is 9.08. The van der Waals surface area contributed by atoms with Crippen LogP contribution in [0.25, 0.3) is 0 Å². The minimum Gasteiger partial charge on any atom is -0.477 e. The van der Waals surface area contributed by atoms with Crippen LogP contribution < -0.4 is 0 Å². The predicted molar refractivity (Wildman–Crippen MR) is 45.9 cm³/mol. The van der Waals surface area contributed by atoms with Gasteiger partial charge >= 0.3 is 5.97 Å². The average molecular weight is 251 g/mol. The molecule has 0 fully saturated rings. The molecule has 0 spiro atoms. The van der Waals surface area contributed by atoms with Gasteiger partial charge in [-0.3, -0.25) is 0 Å². The van der Waals surface area contributed by atoms with Crippen LogP contribution in [0.2, 0.25) is 0 Å². The summed E-state index contributed by atoms with van der Waals surface area (Å²) in [6.45, 7) is 0. The number of hydrogen-bond acceptors (Lipinski definition) is 1. The minimum absolute atomic E-state index is 0.124. The zero-order valence-corrected chi connectivity index (χ0v) is 7.94. The van der Waals surface area contributed by atoms with Crippen molar-refractivity contribution in [3.05, 3.63) is 34.9 Å². The van der Waals surface area contributed by atoms with Gasteiger partial charge in [-0.2, -0.15) is 0 Å². The number of halogens is 3. The second kappa shape index (κ2) is 3.83. The van der Waals surface area contributed by atoms with E-state index in [0.29, 0.717) is 0 Å². The van der Waals surface area contributed by atoms with Crippen molar-refractivity contribution in [3.63, 3.8) is 0 Å². The van der Waals surface area contributed by atoms with Crippen molar-refractivity contribution >= 4 is 21.9 Å². The van der Waals surface area contributed by atoms with Gasteiger partial charge in [-0.15, -0.1) is 0 Å². The molecule has 0 aromatic heterocycles. The van der Waals surface area contributed by atoms with Gasteiger partial charge in [-0.05, 0) is 11.6 Å². The summed E-state index contributed by atoms with van der Waals surface area (Å²) in [5.74, 6) is -3.68. The Morgan fingerprint density at radius 3 is 2.54 bits per heavy atom. The van der Waals surface area contributed by atoms with Crippen LogP contribution in [0.4, 0.5) is 8.78 Å². The Kier molecular flexibility index (Phi) is 2.98. The maximum atomic E-state index is 13.1. The molecule has 0 aliphatic heterocycles. The van der Waals surface area contributed by atoms with E-state index in [2.05, 4.69) is 15.9 Å². The van der Waals surface area contributed by atoms with Crippen molar-refractivity contribution in [2.45, 2.75) is 5.33 Å². The first-order chi connectivity index (χ1) is 6.07. The SMILES string of the molecule is O=C(O)c1c(F)ccc(CBr)c1F. The summed E-state index contributed by atoms with van der Waals surface area (Å²) in [6.07, 6.45) is 0. The highest BCUT2D eigenvalue weighted by Crippen LogP contribution is 2.18. The third-order valence-electron chi connectivity index (χ3n) is 1.53. The first-order valence-electron chi connectivity index (χ1n) is 3.34. The fraction of sp³-hybridized carbons (Fsp3) is 0.125. The van der Waals surface area contributed by atoms with Crippen LogP contribution in [0, 0.1) is 11.6 Å². The highest BCUT2D eigenvalue weighted by Gasteiger charge is 2.18. The molecule has 5 heteroatoms. The van der Waals surface area contributed by atoms with Crippen molar-refractivity contribution in [3.8, 4) is 0 Å². The quantitative estimate of drug-likeness (QED) is 0.820. The maximum Gasteiger partial charge on any atom is 0.341 e. The third kappa shape index (κ3) is 1.85. The Balaban J connectivity index is 3.38. The smallest absolute Gasteiger partial charge is 0.341 e. The van der Waals surface area contributed by atoms with Crippen molar-refractivity contribution in [2.24, 2.45) is 0 Å². The molecule has 2 nitrogen and oxygen atoms in total. The van der Waals surface area contributed by atoms with E-state index in [1.807, 2.05) is 0 Å². The normalized spacial score (nSPS) is 10.1. The number of benzene rings is 1. The van der Waals surface area contributed by atoms with E-state index in [1.54, 1.807) is 0 Å². The van der Waals surface area contributed by atoms with Crippen LogP contribution in [-0.4, -0.2) is 11.1 Å². The van der Waals surface area contributed by atoms with Gasteiger partial charge in [-0.25, -0.2) is 13.6 Å². The lowest BCUT2D eigenvalue weighted by Gasteiger charge is -2.03. The number of aromatic carboxylic acids is 1. The summed E-state index contributed by atoms with van der Waals surface area (Å²) >= 11 is 2.96. The number of alkyl halides is 1. The summed E-state index contributed by atoms with van der Waals surface area (Å²) in [5, 5.41) is 8.62. The molecular weight excluding hydrogens is 246 g/mol. The fourth-order valence-electron chi connectivity index (χ4n) is 0.895. The third-order valence-corrected chi connectivity index (χ3v) is 2.13. The van der Waals surface area contributed by atoms with Gasteiger partial charge in [0.1, 0.15) is 17.2 Å². The van der Waals surface area contributed by atoms with E-state index in [-0.39, 0.29) is 10.9 Å². The molecule has 0 heterocycles. The van der Waals surface area contributed by atoms with Crippen molar-refractivity contribution in [1.82, 2.24) is 0 Å². The molecule has 1 aromatic carbocycles. The highest BCUT2D eigenvalue weighted by atomic mass is 79.9. The number of carboxylic acid groups (broad SMARTS) is 1. The molecule has 1 aromatic rings. The van der Waals surface area contributed by atoms with E-state index in [0.717, 1.165) is 6.07 Å². The Morgan fingerprint density at radius 2 is 2.08 bits per heavy atom. The van der Waals surface area contributed by atoms with Crippen molar-refractivity contribution < 1.29 is 18.7 Å². The topological polar surface area (TPSA) is 37.3 Å². The maximum absolute atomic E-state index is 13.1. The first kappa shape index (κ1) is 10.1. The second-order valence-electron chi connectivity index (χ2n) is 2.33. The van der Waals surface area contributed by atoms with E-state index in [4.69, 9.17) is 5.11 Å². The molecule has 1 N–H and O–H groups in total. The van der Waals surface area contributed by atoms with Crippen LogP contribution in [0.5, 0.6) is 0 Å². The van der Waals surface area contributed by atoms with E-state index in [1.165, 1.54) is 6.07 Å². The number of carbonyl (C=O) groups is 1. The predicted octanol–water partition coefficient (Wildman–Crippen LogP) is 2.56. The summed E-state index contributed by atoms with van der Waals surface area (Å²) in [5.41, 5.74) is -0.782. The van der Waals surface area contributed by atoms with Gasteiger partial charge in [-0.1, -0.05) is 22.0 Å². The zero-order valence-electron chi connectivity index (χ0n) is 6.35. The lowest BCUT2D eigenvalue weighted by molar-refractivity contribution is 0.0686. The minimum atomic E-state index is -1.60. The molecular formula is C8H5BrF2O2. The Labute approximate surface area is 81.3 Å². The molecule has 0 saturated carbocycles. The summed E-state index contributed by atoms with van der Waals surface area (Å²) in [6, 6.07) is 2.13. The Bertz CT molecular complexity index is 352. The molecule has 0 bridgehead atoms. The summed E-state index contributed by atoms with van der Waals surface area (Å²) in [4.78, 5) is 10.4.